The fraction of sp³-hybridized carbons (Fsp3) is 0.474. The maximum atomic E-state index is 12.9. The molecule has 1 aromatic heterocycles. The second-order valence-electron chi connectivity index (χ2n) is 7.24. The van der Waals surface area contributed by atoms with Crippen molar-refractivity contribution in [3.05, 3.63) is 36.0 Å². The van der Waals surface area contributed by atoms with Crippen molar-refractivity contribution < 1.29 is 13.2 Å². The second kappa shape index (κ2) is 7.72. The van der Waals surface area contributed by atoms with Crippen molar-refractivity contribution in [2.24, 2.45) is 7.05 Å². The maximum absolute atomic E-state index is 12.9. The number of aromatic nitrogens is 2. The minimum Gasteiger partial charge on any atom is -0.321 e. The van der Waals surface area contributed by atoms with E-state index in [-0.39, 0.29) is 17.8 Å². The molecule has 0 spiro atoms. The van der Waals surface area contributed by atoms with Gasteiger partial charge in [-0.15, -0.1) is 0 Å². The molecular weight excluding hydrogens is 364 g/mol. The molecule has 1 aliphatic heterocycles. The Kier molecular flexibility index (Phi) is 5.55. The van der Waals surface area contributed by atoms with E-state index in [1.807, 2.05) is 38.2 Å². The smallest absolute Gasteiger partial charge is 0.321 e. The maximum Gasteiger partial charge on any atom is 0.322 e. The summed E-state index contributed by atoms with van der Waals surface area (Å²) in [6, 6.07) is 7.29. The molecule has 1 fully saturated rings. The molecule has 1 atom stereocenters. The number of carbonyl (C=O) groups excluding carboxylic acids is 1. The summed E-state index contributed by atoms with van der Waals surface area (Å²) < 4.78 is 25.2. The average molecular weight is 391 g/mol. The van der Waals surface area contributed by atoms with Crippen LogP contribution in [0, 0.1) is 6.92 Å². The van der Waals surface area contributed by atoms with Crippen LogP contribution in [0.5, 0.6) is 0 Å². The van der Waals surface area contributed by atoms with Crippen LogP contribution in [-0.4, -0.2) is 53.7 Å². The summed E-state index contributed by atoms with van der Waals surface area (Å²) in [6.07, 6.45) is 5.51. The van der Waals surface area contributed by atoms with Crippen LogP contribution in [0.15, 0.2) is 30.5 Å². The molecule has 3 rings (SSSR count). The zero-order valence-corrected chi connectivity index (χ0v) is 16.8. The molecule has 0 aliphatic carbocycles. The van der Waals surface area contributed by atoms with Crippen molar-refractivity contribution in [3.63, 3.8) is 0 Å². The summed E-state index contributed by atoms with van der Waals surface area (Å²) in [5.74, 6) is 0.00839. The summed E-state index contributed by atoms with van der Waals surface area (Å²) in [7, 11) is -1.27. The minimum absolute atomic E-state index is 0.00839. The fourth-order valence-electron chi connectivity index (χ4n) is 3.55. The van der Waals surface area contributed by atoms with Gasteiger partial charge in [0.1, 0.15) is 9.84 Å². The monoisotopic (exact) mass is 390 g/mol. The summed E-state index contributed by atoms with van der Waals surface area (Å²) >= 11 is 0. The normalized spacial score (nSPS) is 17.7. The van der Waals surface area contributed by atoms with Gasteiger partial charge in [-0.25, -0.2) is 13.2 Å². The fourth-order valence-corrected chi connectivity index (χ4v) is 4.60. The zero-order valence-electron chi connectivity index (χ0n) is 16.0. The van der Waals surface area contributed by atoms with Crippen molar-refractivity contribution in [1.82, 2.24) is 14.7 Å². The summed E-state index contributed by atoms with van der Waals surface area (Å²) in [4.78, 5) is 14.6. The van der Waals surface area contributed by atoms with E-state index < -0.39 is 9.84 Å². The Labute approximate surface area is 160 Å². The number of anilines is 1. The predicted octanol–water partition coefficient (Wildman–Crippen LogP) is 2.83. The first-order valence-electron chi connectivity index (χ1n) is 9.09. The number of carbonyl (C=O) groups is 1. The molecule has 1 aromatic carbocycles. The highest BCUT2D eigenvalue weighted by atomic mass is 32.2. The number of nitrogens with one attached hydrogen (secondary N) is 1. The topological polar surface area (TPSA) is 84.3 Å². The Balaban J connectivity index is 1.81. The number of amides is 2. The third-order valence-corrected chi connectivity index (χ3v) is 5.97. The molecule has 7 nitrogen and oxygen atoms in total. The van der Waals surface area contributed by atoms with Crippen LogP contribution in [-0.2, 0) is 16.9 Å². The molecular formula is C19H26N4O3S. The molecule has 27 heavy (non-hydrogen) atoms. The Morgan fingerprint density at radius 3 is 2.74 bits per heavy atom. The van der Waals surface area contributed by atoms with E-state index in [0.29, 0.717) is 13.0 Å². The molecule has 0 saturated carbocycles. The number of sulfone groups is 1. The number of rotatable bonds is 4. The molecule has 2 heterocycles. The minimum atomic E-state index is -3.14. The predicted molar refractivity (Wildman–Crippen MR) is 106 cm³/mol. The molecule has 8 heteroatoms. The first kappa shape index (κ1) is 19.4. The molecule has 1 aliphatic rings. The lowest BCUT2D eigenvalue weighted by Crippen LogP contribution is -2.48. The number of aryl methyl sites for hydroxylation is 2. The summed E-state index contributed by atoms with van der Waals surface area (Å²) in [6.45, 7) is 2.51. The number of hydrogen-bond donors (Lipinski definition) is 1. The third kappa shape index (κ3) is 4.68. The van der Waals surface area contributed by atoms with Gasteiger partial charge in [-0.2, -0.15) is 5.10 Å². The molecule has 1 unspecified atom stereocenters. The van der Waals surface area contributed by atoms with Crippen molar-refractivity contribution in [1.29, 1.82) is 0 Å². The van der Waals surface area contributed by atoms with Crippen LogP contribution >= 0.6 is 0 Å². The van der Waals surface area contributed by atoms with E-state index in [9.17, 15) is 13.2 Å². The lowest BCUT2D eigenvalue weighted by Gasteiger charge is -2.35. The Morgan fingerprint density at radius 2 is 2.07 bits per heavy atom. The van der Waals surface area contributed by atoms with Gasteiger partial charge in [0.05, 0.1) is 11.4 Å². The number of hydrogen-bond acceptors (Lipinski definition) is 4. The highest BCUT2D eigenvalue weighted by Crippen LogP contribution is 2.26. The lowest BCUT2D eigenvalue weighted by atomic mass is 10.0. The number of benzene rings is 1. The average Bonchev–Trinajstić information content (AvgIpc) is 3.02. The van der Waals surface area contributed by atoms with Crippen LogP contribution in [0.4, 0.5) is 10.5 Å². The Hall–Kier alpha value is -2.35. The summed E-state index contributed by atoms with van der Waals surface area (Å²) in [5, 5.41) is 7.17. The van der Waals surface area contributed by atoms with Gasteiger partial charge >= 0.3 is 6.03 Å². The van der Waals surface area contributed by atoms with Crippen molar-refractivity contribution in [2.75, 3.05) is 23.9 Å². The van der Waals surface area contributed by atoms with Crippen LogP contribution in [0.3, 0.4) is 0 Å². The quantitative estimate of drug-likeness (QED) is 0.870. The van der Waals surface area contributed by atoms with E-state index in [1.54, 1.807) is 15.8 Å². The highest BCUT2D eigenvalue weighted by Gasteiger charge is 2.29. The van der Waals surface area contributed by atoms with Crippen LogP contribution in [0.2, 0.25) is 0 Å². The van der Waals surface area contributed by atoms with Gasteiger partial charge in [0, 0.05) is 43.3 Å². The van der Waals surface area contributed by atoms with E-state index in [1.165, 1.54) is 6.26 Å². The SMILES string of the molecule is Cc1ccc(-c2ccnn2C)cc1NC(=O)N1CCCCC1CS(C)(=O)=O. The van der Waals surface area contributed by atoms with Gasteiger partial charge in [-0.1, -0.05) is 12.1 Å². The van der Waals surface area contributed by atoms with Crippen LogP contribution in [0.25, 0.3) is 11.3 Å². The first-order valence-corrected chi connectivity index (χ1v) is 11.1. The molecule has 2 aromatic rings. The first-order chi connectivity index (χ1) is 12.7. The lowest BCUT2D eigenvalue weighted by molar-refractivity contribution is 0.171. The van der Waals surface area contributed by atoms with Crippen molar-refractivity contribution >= 4 is 21.6 Å². The van der Waals surface area contributed by atoms with Crippen molar-refractivity contribution in [2.45, 2.75) is 32.2 Å². The molecule has 0 bridgehead atoms. The van der Waals surface area contributed by atoms with E-state index in [2.05, 4.69) is 10.4 Å². The highest BCUT2D eigenvalue weighted by molar-refractivity contribution is 7.90. The van der Waals surface area contributed by atoms with Gasteiger partial charge in [-0.3, -0.25) is 4.68 Å². The van der Waals surface area contributed by atoms with Gasteiger partial charge < -0.3 is 10.2 Å². The molecule has 2 amide bonds. The Bertz CT molecular complexity index is 936. The van der Waals surface area contributed by atoms with Gasteiger partial charge in [0.25, 0.3) is 0 Å². The molecule has 1 N–H and O–H groups in total. The largest absolute Gasteiger partial charge is 0.322 e. The number of urea groups is 1. The third-order valence-electron chi connectivity index (χ3n) is 4.98. The van der Waals surface area contributed by atoms with E-state index in [4.69, 9.17) is 0 Å². The molecule has 146 valence electrons. The number of likely N-dealkylation sites (tertiary alicyclic amines) is 1. The van der Waals surface area contributed by atoms with Crippen LogP contribution in [0.1, 0.15) is 24.8 Å². The van der Waals surface area contributed by atoms with Gasteiger partial charge in [-0.05, 0) is 43.9 Å². The van der Waals surface area contributed by atoms with E-state index in [0.717, 1.165) is 35.3 Å². The molecule has 0 radical (unpaired) electrons. The summed E-state index contributed by atoms with van der Waals surface area (Å²) in [5.41, 5.74) is 3.59. The second-order valence-corrected chi connectivity index (χ2v) is 9.42. The molecule has 1 saturated heterocycles. The number of piperidine rings is 1. The zero-order chi connectivity index (χ0) is 19.6. The van der Waals surface area contributed by atoms with Gasteiger partial charge in [0.15, 0.2) is 0 Å². The van der Waals surface area contributed by atoms with Gasteiger partial charge in [0.2, 0.25) is 0 Å². The van der Waals surface area contributed by atoms with Crippen molar-refractivity contribution in [3.8, 4) is 11.3 Å². The van der Waals surface area contributed by atoms with E-state index >= 15 is 0 Å². The Morgan fingerprint density at radius 1 is 1.30 bits per heavy atom. The standard InChI is InChI=1S/C19H26N4O3S/c1-14-7-8-15(18-9-10-20-22(18)2)12-17(14)21-19(24)23-11-5-4-6-16(23)13-27(3,25)26/h7-10,12,16H,4-6,11,13H2,1-3H3,(H,21,24). The number of nitrogens with zero attached hydrogens (tertiary/aromatic N) is 3. The van der Waals surface area contributed by atoms with Crippen LogP contribution < -0.4 is 5.32 Å².